The van der Waals surface area contributed by atoms with E-state index in [-0.39, 0.29) is 0 Å². The molecule has 1 unspecified atom stereocenters. The Morgan fingerprint density at radius 2 is 2.12 bits per heavy atom. The van der Waals surface area contributed by atoms with Crippen molar-refractivity contribution in [2.24, 2.45) is 0 Å². The standard InChI is InChI=1S/C14H20N2O/c1-5-17-11-6-7-14-12(8-11)13(9-15-14)10(2)16(3)4/h6-10,15H,5H2,1-4H3. The van der Waals surface area contributed by atoms with Gasteiger partial charge in [0.1, 0.15) is 5.75 Å². The topological polar surface area (TPSA) is 28.3 Å². The lowest BCUT2D eigenvalue weighted by Crippen LogP contribution is -2.16. The molecule has 92 valence electrons. The Labute approximate surface area is 102 Å². The molecule has 0 aliphatic carbocycles. The van der Waals surface area contributed by atoms with Gasteiger partial charge in [-0.25, -0.2) is 0 Å². The largest absolute Gasteiger partial charge is 0.494 e. The first kappa shape index (κ1) is 12.0. The minimum atomic E-state index is 0.389. The average Bonchev–Trinajstić information content (AvgIpc) is 2.71. The van der Waals surface area contributed by atoms with Crippen LogP contribution in [0.2, 0.25) is 0 Å². The van der Waals surface area contributed by atoms with Gasteiger partial charge in [0.2, 0.25) is 0 Å². The number of rotatable bonds is 4. The van der Waals surface area contributed by atoms with Crippen LogP contribution in [-0.2, 0) is 0 Å². The highest BCUT2D eigenvalue weighted by Crippen LogP contribution is 2.29. The Bertz CT molecular complexity index is 502. The molecule has 3 heteroatoms. The van der Waals surface area contributed by atoms with Crippen LogP contribution in [0.3, 0.4) is 0 Å². The summed E-state index contributed by atoms with van der Waals surface area (Å²) in [5.74, 6) is 0.937. The first-order chi connectivity index (χ1) is 8.13. The third-order valence-electron chi connectivity index (χ3n) is 3.22. The Balaban J connectivity index is 2.46. The van der Waals surface area contributed by atoms with E-state index < -0.39 is 0 Å². The SMILES string of the molecule is CCOc1ccc2[nH]cc(C(C)N(C)C)c2c1. The van der Waals surface area contributed by atoms with Crippen LogP contribution >= 0.6 is 0 Å². The molecule has 0 aliphatic heterocycles. The van der Waals surface area contributed by atoms with Crippen LogP contribution in [0, 0.1) is 0 Å². The summed E-state index contributed by atoms with van der Waals surface area (Å²) in [6.45, 7) is 4.91. The van der Waals surface area contributed by atoms with E-state index in [9.17, 15) is 0 Å². The molecule has 0 saturated carbocycles. The maximum Gasteiger partial charge on any atom is 0.120 e. The molecule has 0 fully saturated rings. The second-order valence-electron chi connectivity index (χ2n) is 4.52. The lowest BCUT2D eigenvalue weighted by molar-refractivity contribution is 0.322. The summed E-state index contributed by atoms with van der Waals surface area (Å²) in [6.07, 6.45) is 2.09. The predicted molar refractivity (Wildman–Crippen MR) is 71.6 cm³/mol. The van der Waals surface area contributed by atoms with Gasteiger partial charge in [0.05, 0.1) is 6.61 Å². The van der Waals surface area contributed by atoms with Gasteiger partial charge >= 0.3 is 0 Å². The number of aromatic nitrogens is 1. The van der Waals surface area contributed by atoms with Crippen molar-refractivity contribution < 1.29 is 4.74 Å². The maximum absolute atomic E-state index is 5.55. The zero-order valence-electron chi connectivity index (χ0n) is 10.9. The number of H-pyrrole nitrogens is 1. The molecule has 0 spiro atoms. The first-order valence-electron chi connectivity index (χ1n) is 6.03. The van der Waals surface area contributed by atoms with Gasteiger partial charge < -0.3 is 14.6 Å². The summed E-state index contributed by atoms with van der Waals surface area (Å²) in [6, 6.07) is 6.59. The Morgan fingerprint density at radius 1 is 1.35 bits per heavy atom. The smallest absolute Gasteiger partial charge is 0.120 e. The van der Waals surface area contributed by atoms with Crippen LogP contribution < -0.4 is 4.74 Å². The van der Waals surface area contributed by atoms with E-state index in [4.69, 9.17) is 4.74 Å². The number of nitrogens with zero attached hydrogens (tertiary/aromatic N) is 1. The number of benzene rings is 1. The Hall–Kier alpha value is -1.48. The molecule has 1 N–H and O–H groups in total. The van der Waals surface area contributed by atoms with E-state index in [2.05, 4.69) is 49.2 Å². The first-order valence-corrected chi connectivity index (χ1v) is 6.03. The molecule has 1 heterocycles. The summed E-state index contributed by atoms with van der Waals surface area (Å²) in [4.78, 5) is 5.52. The van der Waals surface area contributed by atoms with Crippen molar-refractivity contribution in [2.45, 2.75) is 19.9 Å². The van der Waals surface area contributed by atoms with E-state index in [0.29, 0.717) is 12.6 Å². The summed E-state index contributed by atoms with van der Waals surface area (Å²) >= 11 is 0. The van der Waals surface area contributed by atoms with E-state index in [1.807, 2.05) is 13.0 Å². The summed E-state index contributed by atoms with van der Waals surface area (Å²) in [5.41, 5.74) is 2.48. The zero-order chi connectivity index (χ0) is 12.4. The number of nitrogens with one attached hydrogen (secondary N) is 1. The fourth-order valence-corrected chi connectivity index (χ4v) is 2.00. The third kappa shape index (κ3) is 2.29. The molecular formula is C14H20N2O. The number of hydrogen-bond acceptors (Lipinski definition) is 2. The molecule has 0 radical (unpaired) electrons. The minimum Gasteiger partial charge on any atom is -0.494 e. The van der Waals surface area contributed by atoms with Crippen LogP contribution in [-0.4, -0.2) is 30.6 Å². The number of fused-ring (bicyclic) bond motifs is 1. The van der Waals surface area contributed by atoms with Crippen LogP contribution in [0.4, 0.5) is 0 Å². The maximum atomic E-state index is 5.55. The molecule has 1 aromatic carbocycles. The fraction of sp³-hybridized carbons (Fsp3) is 0.429. The molecular weight excluding hydrogens is 212 g/mol. The fourth-order valence-electron chi connectivity index (χ4n) is 2.00. The highest BCUT2D eigenvalue weighted by Gasteiger charge is 2.13. The van der Waals surface area contributed by atoms with Gasteiger partial charge in [-0.1, -0.05) is 0 Å². The zero-order valence-corrected chi connectivity index (χ0v) is 10.9. The second kappa shape index (κ2) is 4.80. The third-order valence-corrected chi connectivity index (χ3v) is 3.22. The van der Waals surface area contributed by atoms with Crippen LogP contribution in [0.1, 0.15) is 25.5 Å². The Kier molecular flexibility index (Phi) is 3.38. The van der Waals surface area contributed by atoms with Crippen molar-refractivity contribution >= 4 is 10.9 Å². The lowest BCUT2D eigenvalue weighted by atomic mass is 10.1. The van der Waals surface area contributed by atoms with Gasteiger partial charge in [-0.3, -0.25) is 0 Å². The number of aromatic amines is 1. The molecule has 3 nitrogen and oxygen atoms in total. The van der Waals surface area contributed by atoms with Crippen molar-refractivity contribution in [3.05, 3.63) is 30.0 Å². The molecule has 1 aromatic heterocycles. The van der Waals surface area contributed by atoms with Gasteiger partial charge in [-0.05, 0) is 51.7 Å². The van der Waals surface area contributed by atoms with E-state index >= 15 is 0 Å². The summed E-state index contributed by atoms with van der Waals surface area (Å²) < 4.78 is 5.55. The molecule has 0 amide bonds. The highest BCUT2D eigenvalue weighted by molar-refractivity contribution is 5.85. The van der Waals surface area contributed by atoms with E-state index in [1.165, 1.54) is 10.9 Å². The quantitative estimate of drug-likeness (QED) is 0.877. The van der Waals surface area contributed by atoms with Crippen molar-refractivity contribution in [1.29, 1.82) is 0 Å². The summed E-state index contributed by atoms with van der Waals surface area (Å²) in [7, 11) is 4.19. The molecule has 0 bridgehead atoms. The normalized spacial score (nSPS) is 13.2. The number of hydrogen-bond donors (Lipinski definition) is 1. The molecule has 0 aliphatic rings. The average molecular weight is 232 g/mol. The van der Waals surface area contributed by atoms with Crippen LogP contribution in [0.25, 0.3) is 10.9 Å². The minimum absolute atomic E-state index is 0.389. The highest BCUT2D eigenvalue weighted by atomic mass is 16.5. The van der Waals surface area contributed by atoms with Crippen molar-refractivity contribution in [2.75, 3.05) is 20.7 Å². The van der Waals surface area contributed by atoms with E-state index in [0.717, 1.165) is 11.3 Å². The number of ether oxygens (including phenoxy) is 1. The van der Waals surface area contributed by atoms with Crippen LogP contribution in [0.5, 0.6) is 5.75 Å². The van der Waals surface area contributed by atoms with Gasteiger partial charge in [0, 0.05) is 23.1 Å². The molecule has 17 heavy (non-hydrogen) atoms. The monoisotopic (exact) mass is 232 g/mol. The van der Waals surface area contributed by atoms with Crippen molar-refractivity contribution in [3.8, 4) is 5.75 Å². The molecule has 1 atom stereocenters. The Morgan fingerprint density at radius 3 is 2.76 bits per heavy atom. The molecule has 0 saturated heterocycles. The van der Waals surface area contributed by atoms with Crippen molar-refractivity contribution in [1.82, 2.24) is 9.88 Å². The van der Waals surface area contributed by atoms with E-state index in [1.54, 1.807) is 0 Å². The van der Waals surface area contributed by atoms with Gasteiger partial charge in [0.25, 0.3) is 0 Å². The summed E-state index contributed by atoms with van der Waals surface area (Å²) in [5, 5.41) is 1.25. The molecule has 2 aromatic rings. The lowest BCUT2D eigenvalue weighted by Gasteiger charge is -2.19. The van der Waals surface area contributed by atoms with Gasteiger partial charge in [-0.2, -0.15) is 0 Å². The molecule has 2 rings (SSSR count). The predicted octanol–water partition coefficient (Wildman–Crippen LogP) is 3.19. The van der Waals surface area contributed by atoms with Crippen LogP contribution in [0.15, 0.2) is 24.4 Å². The second-order valence-corrected chi connectivity index (χ2v) is 4.52. The van der Waals surface area contributed by atoms with Gasteiger partial charge in [-0.15, -0.1) is 0 Å². The van der Waals surface area contributed by atoms with Crippen molar-refractivity contribution in [3.63, 3.8) is 0 Å². The van der Waals surface area contributed by atoms with Gasteiger partial charge in [0.15, 0.2) is 0 Å².